The van der Waals surface area contributed by atoms with Gasteiger partial charge in [0.2, 0.25) is 0 Å². The van der Waals surface area contributed by atoms with Crippen LogP contribution in [-0.2, 0) is 0 Å². The lowest BCUT2D eigenvalue weighted by atomic mass is 10.2. The molecule has 0 atom stereocenters. The fourth-order valence-electron chi connectivity index (χ4n) is 1.36. The molecule has 0 aromatic heterocycles. The molecule has 6 heteroatoms. The number of nitrogen functional groups attached to an aromatic ring is 1. The predicted octanol–water partition coefficient (Wildman–Crippen LogP) is 1.39. The van der Waals surface area contributed by atoms with Crippen molar-refractivity contribution in [2.75, 3.05) is 5.32 Å². The van der Waals surface area contributed by atoms with Gasteiger partial charge in [0, 0.05) is 11.6 Å². The molecule has 0 heterocycles. The Balaban J connectivity index is 2.04. The van der Waals surface area contributed by atoms with Gasteiger partial charge in [0.05, 0.1) is 5.69 Å². The molecule has 17 heavy (non-hydrogen) atoms. The van der Waals surface area contributed by atoms with Crippen LogP contribution in [0, 0.1) is 11.2 Å². The van der Waals surface area contributed by atoms with Gasteiger partial charge in [-0.1, -0.05) is 0 Å². The van der Waals surface area contributed by atoms with Crippen molar-refractivity contribution < 1.29 is 9.18 Å². The van der Waals surface area contributed by atoms with E-state index >= 15 is 0 Å². The highest BCUT2D eigenvalue weighted by Gasteiger charge is 2.23. The number of nitrogens with two attached hydrogens (primary N) is 1. The minimum absolute atomic E-state index is 0.0770. The van der Waals surface area contributed by atoms with Crippen molar-refractivity contribution in [1.29, 1.82) is 5.41 Å². The van der Waals surface area contributed by atoms with E-state index in [0.717, 1.165) is 18.9 Å². The largest absolute Gasteiger partial charge is 0.384 e. The van der Waals surface area contributed by atoms with E-state index in [-0.39, 0.29) is 23.1 Å². The molecule has 2 amide bonds. The quantitative estimate of drug-likeness (QED) is 0.472. The number of urea groups is 1. The fourth-order valence-corrected chi connectivity index (χ4v) is 1.36. The van der Waals surface area contributed by atoms with E-state index in [1.165, 1.54) is 12.1 Å². The molecule has 0 spiro atoms. The first-order chi connectivity index (χ1) is 8.06. The van der Waals surface area contributed by atoms with Crippen LogP contribution >= 0.6 is 0 Å². The standard InChI is InChI=1S/C11H13FN4O/c12-8-5-6(10(13)14)1-4-9(8)16-11(17)15-7-2-3-7/h1,4-5,7H,2-3H2,(H3,13,14)(H2,15,16,17). The van der Waals surface area contributed by atoms with E-state index in [1.54, 1.807) is 0 Å². The monoisotopic (exact) mass is 236 g/mol. The summed E-state index contributed by atoms with van der Waals surface area (Å²) in [7, 11) is 0. The first kappa shape index (κ1) is 11.4. The van der Waals surface area contributed by atoms with E-state index in [4.69, 9.17) is 11.1 Å². The van der Waals surface area contributed by atoms with Crippen molar-refractivity contribution in [2.24, 2.45) is 5.73 Å². The minimum Gasteiger partial charge on any atom is -0.384 e. The number of carbonyl (C=O) groups excluding carboxylic acids is 1. The third kappa shape index (κ3) is 2.93. The topological polar surface area (TPSA) is 91.0 Å². The van der Waals surface area contributed by atoms with Gasteiger partial charge in [0.15, 0.2) is 0 Å². The van der Waals surface area contributed by atoms with Gasteiger partial charge < -0.3 is 16.4 Å². The van der Waals surface area contributed by atoms with Crippen LogP contribution in [0.25, 0.3) is 0 Å². The summed E-state index contributed by atoms with van der Waals surface area (Å²) in [6.07, 6.45) is 1.94. The van der Waals surface area contributed by atoms with Gasteiger partial charge in [-0.05, 0) is 31.0 Å². The second-order valence-corrected chi connectivity index (χ2v) is 3.98. The Kier molecular flexibility index (Phi) is 2.95. The summed E-state index contributed by atoms with van der Waals surface area (Å²) in [6, 6.07) is 3.79. The molecule has 5 N–H and O–H groups in total. The number of amidine groups is 1. The van der Waals surface area contributed by atoms with Gasteiger partial charge in [-0.15, -0.1) is 0 Å². The highest BCUT2D eigenvalue weighted by Crippen LogP contribution is 2.19. The fraction of sp³-hybridized carbons (Fsp3) is 0.273. The average molecular weight is 236 g/mol. The number of benzene rings is 1. The van der Waals surface area contributed by atoms with Crippen LogP contribution in [0.4, 0.5) is 14.9 Å². The molecule has 90 valence electrons. The summed E-state index contributed by atoms with van der Waals surface area (Å²) in [5, 5.41) is 12.3. The molecule has 0 aliphatic heterocycles. The number of nitrogens with one attached hydrogen (secondary N) is 3. The predicted molar refractivity (Wildman–Crippen MR) is 62.6 cm³/mol. The molecule has 5 nitrogen and oxygen atoms in total. The van der Waals surface area contributed by atoms with Gasteiger partial charge in [0.1, 0.15) is 11.7 Å². The van der Waals surface area contributed by atoms with E-state index in [2.05, 4.69) is 10.6 Å². The van der Waals surface area contributed by atoms with Crippen molar-refractivity contribution in [1.82, 2.24) is 5.32 Å². The third-order valence-corrected chi connectivity index (χ3v) is 2.44. The SMILES string of the molecule is N=C(N)c1ccc(NC(=O)NC2CC2)c(F)c1. The summed E-state index contributed by atoms with van der Waals surface area (Å²) in [5.74, 6) is -0.818. The second kappa shape index (κ2) is 4.40. The molecule has 1 saturated carbocycles. The van der Waals surface area contributed by atoms with Gasteiger partial charge in [-0.25, -0.2) is 9.18 Å². The normalized spacial score (nSPS) is 14.2. The Labute approximate surface area is 97.7 Å². The number of hydrogen-bond acceptors (Lipinski definition) is 2. The Morgan fingerprint density at radius 3 is 2.71 bits per heavy atom. The zero-order valence-corrected chi connectivity index (χ0v) is 9.09. The second-order valence-electron chi connectivity index (χ2n) is 3.98. The zero-order valence-electron chi connectivity index (χ0n) is 9.09. The first-order valence-electron chi connectivity index (χ1n) is 5.27. The molecule has 1 aromatic carbocycles. The van der Waals surface area contributed by atoms with Crippen molar-refractivity contribution in [3.8, 4) is 0 Å². The lowest BCUT2D eigenvalue weighted by Gasteiger charge is -2.08. The Bertz CT molecular complexity index is 471. The summed E-state index contributed by atoms with van der Waals surface area (Å²) in [5.41, 5.74) is 5.59. The maximum atomic E-state index is 13.5. The smallest absolute Gasteiger partial charge is 0.319 e. The van der Waals surface area contributed by atoms with E-state index in [9.17, 15) is 9.18 Å². The van der Waals surface area contributed by atoms with Gasteiger partial charge in [-0.2, -0.15) is 0 Å². The van der Waals surface area contributed by atoms with Gasteiger partial charge >= 0.3 is 6.03 Å². The van der Waals surface area contributed by atoms with Crippen molar-refractivity contribution in [2.45, 2.75) is 18.9 Å². The molecular formula is C11H13FN4O. The van der Waals surface area contributed by atoms with Gasteiger partial charge in [0.25, 0.3) is 0 Å². The molecule has 0 radical (unpaired) electrons. The van der Waals surface area contributed by atoms with Gasteiger partial charge in [-0.3, -0.25) is 5.41 Å². The first-order valence-corrected chi connectivity index (χ1v) is 5.27. The number of anilines is 1. The lowest BCUT2D eigenvalue weighted by molar-refractivity contribution is 0.251. The lowest BCUT2D eigenvalue weighted by Crippen LogP contribution is -2.30. The average Bonchev–Trinajstić information content (AvgIpc) is 3.04. The maximum absolute atomic E-state index is 13.5. The minimum atomic E-state index is -0.608. The maximum Gasteiger partial charge on any atom is 0.319 e. The van der Waals surface area contributed by atoms with Crippen LogP contribution in [0.5, 0.6) is 0 Å². The summed E-state index contributed by atoms with van der Waals surface area (Å²) >= 11 is 0. The Hall–Kier alpha value is -2.11. The van der Waals surface area contributed by atoms with Crippen LogP contribution in [0.3, 0.4) is 0 Å². The van der Waals surface area contributed by atoms with Crippen LogP contribution < -0.4 is 16.4 Å². The number of amides is 2. The molecule has 1 aromatic rings. The molecular weight excluding hydrogens is 223 g/mol. The van der Waals surface area contributed by atoms with E-state index in [1.807, 2.05) is 0 Å². The number of halogens is 1. The number of rotatable bonds is 3. The summed E-state index contributed by atoms with van der Waals surface area (Å²) < 4.78 is 13.5. The molecule has 1 fully saturated rings. The molecule has 0 saturated heterocycles. The van der Waals surface area contributed by atoms with Crippen LogP contribution in [0.1, 0.15) is 18.4 Å². The molecule has 2 rings (SSSR count). The van der Waals surface area contributed by atoms with Crippen LogP contribution in [0.15, 0.2) is 18.2 Å². The van der Waals surface area contributed by atoms with Crippen molar-refractivity contribution in [3.05, 3.63) is 29.6 Å². The third-order valence-electron chi connectivity index (χ3n) is 2.44. The highest BCUT2D eigenvalue weighted by atomic mass is 19.1. The summed E-state index contributed by atoms with van der Waals surface area (Å²) in [6.45, 7) is 0. The zero-order chi connectivity index (χ0) is 12.4. The van der Waals surface area contributed by atoms with Crippen molar-refractivity contribution in [3.63, 3.8) is 0 Å². The Morgan fingerprint density at radius 2 is 2.18 bits per heavy atom. The highest BCUT2D eigenvalue weighted by molar-refractivity contribution is 5.96. The number of carbonyl (C=O) groups is 1. The van der Waals surface area contributed by atoms with E-state index in [0.29, 0.717) is 0 Å². The molecule has 0 unspecified atom stereocenters. The van der Waals surface area contributed by atoms with Crippen LogP contribution in [0.2, 0.25) is 0 Å². The Morgan fingerprint density at radius 1 is 1.47 bits per heavy atom. The number of hydrogen-bond donors (Lipinski definition) is 4. The molecule has 1 aliphatic carbocycles. The van der Waals surface area contributed by atoms with Crippen LogP contribution in [-0.4, -0.2) is 17.9 Å². The van der Waals surface area contributed by atoms with E-state index < -0.39 is 11.8 Å². The molecule has 0 bridgehead atoms. The van der Waals surface area contributed by atoms with Crippen molar-refractivity contribution >= 4 is 17.6 Å². The summed E-state index contributed by atoms with van der Waals surface area (Å²) in [4.78, 5) is 11.4. The molecule has 1 aliphatic rings.